The Balaban J connectivity index is 1.81. The van der Waals surface area contributed by atoms with Gasteiger partial charge < -0.3 is 31.7 Å². The first kappa shape index (κ1) is 25.7. The highest BCUT2D eigenvalue weighted by molar-refractivity contribution is 5.94. The van der Waals surface area contributed by atoms with Crippen molar-refractivity contribution in [3.63, 3.8) is 0 Å². The summed E-state index contributed by atoms with van der Waals surface area (Å²) in [5, 5.41) is 27.7. The van der Waals surface area contributed by atoms with Crippen LogP contribution < -0.4 is 31.7 Å². The lowest BCUT2D eigenvalue weighted by Gasteiger charge is -2.10. The Kier molecular flexibility index (Phi) is 15.0. The van der Waals surface area contributed by atoms with Gasteiger partial charge in [0.2, 0.25) is 0 Å². The van der Waals surface area contributed by atoms with Gasteiger partial charge in [-0.3, -0.25) is 10.8 Å². The van der Waals surface area contributed by atoms with Gasteiger partial charge in [0, 0.05) is 25.2 Å². The molecule has 0 amide bonds. The Morgan fingerprint density at radius 3 is 2.07 bits per heavy atom. The number of nitrogen functional groups attached to an aromatic ring is 1. The second-order valence-corrected chi connectivity index (χ2v) is 7.34. The van der Waals surface area contributed by atoms with Crippen molar-refractivity contribution in [2.24, 2.45) is 5.73 Å². The molecule has 0 radical (unpaired) electrons. The number of benzene rings is 1. The van der Waals surface area contributed by atoms with Gasteiger partial charge in [-0.05, 0) is 63.7 Å². The fraction of sp³-hybridized carbons (Fsp3) is 0.636. The molecule has 0 aliphatic heterocycles. The molecule has 30 heavy (non-hydrogen) atoms. The van der Waals surface area contributed by atoms with Crippen LogP contribution in [-0.4, -0.2) is 58.2 Å². The summed E-state index contributed by atoms with van der Waals surface area (Å²) in [4.78, 5) is 0. The lowest BCUT2D eigenvalue weighted by molar-refractivity contribution is 0.308. The van der Waals surface area contributed by atoms with Crippen molar-refractivity contribution in [2.75, 3.05) is 46.4 Å². The van der Waals surface area contributed by atoms with Crippen molar-refractivity contribution in [2.45, 2.75) is 44.9 Å². The molecule has 170 valence electrons. The van der Waals surface area contributed by atoms with Gasteiger partial charge in [0.15, 0.2) is 5.96 Å². The number of rotatable bonds is 18. The Hall–Kier alpha value is -2.32. The molecule has 0 spiro atoms. The number of hydrogen-bond donors (Lipinski definition) is 7. The first-order valence-electron chi connectivity index (χ1n) is 11.1. The topological polar surface area (TPSA) is 131 Å². The minimum Gasteiger partial charge on any atom is -0.494 e. The quantitative estimate of drug-likeness (QED) is 0.111. The maximum Gasteiger partial charge on any atom is 0.188 e. The Labute approximate surface area is 181 Å². The van der Waals surface area contributed by atoms with Crippen LogP contribution in [0.2, 0.25) is 0 Å². The number of likely N-dealkylation sites (N-methyl/N-ethyl adjacent to an activating group) is 1. The normalized spacial score (nSPS) is 10.6. The summed E-state index contributed by atoms with van der Waals surface area (Å²) >= 11 is 0. The van der Waals surface area contributed by atoms with E-state index in [0.29, 0.717) is 18.1 Å². The summed E-state index contributed by atoms with van der Waals surface area (Å²) in [6.07, 6.45) is 8.32. The molecule has 0 bridgehead atoms. The van der Waals surface area contributed by atoms with E-state index in [-0.39, 0.29) is 5.84 Å². The molecule has 0 fully saturated rings. The average Bonchev–Trinajstić information content (AvgIpc) is 2.74. The third kappa shape index (κ3) is 13.8. The molecule has 0 saturated heterocycles. The van der Waals surface area contributed by atoms with Crippen LogP contribution in [0.3, 0.4) is 0 Å². The van der Waals surface area contributed by atoms with Gasteiger partial charge >= 0.3 is 0 Å². The van der Waals surface area contributed by atoms with Crippen molar-refractivity contribution in [1.29, 1.82) is 10.8 Å². The zero-order valence-electron chi connectivity index (χ0n) is 18.5. The zero-order chi connectivity index (χ0) is 21.9. The molecule has 0 aromatic heterocycles. The summed E-state index contributed by atoms with van der Waals surface area (Å²) in [7, 11) is 1.91. The van der Waals surface area contributed by atoms with Gasteiger partial charge in [0.25, 0.3) is 0 Å². The summed E-state index contributed by atoms with van der Waals surface area (Å²) in [5.74, 6) is 1.32. The number of amidine groups is 1. The van der Waals surface area contributed by atoms with E-state index in [0.717, 1.165) is 51.3 Å². The van der Waals surface area contributed by atoms with E-state index in [4.69, 9.17) is 21.3 Å². The Bertz CT molecular complexity index is 577. The molecule has 1 aromatic rings. The highest BCUT2D eigenvalue weighted by atomic mass is 16.5. The van der Waals surface area contributed by atoms with Crippen LogP contribution in [0.1, 0.15) is 50.5 Å². The van der Waals surface area contributed by atoms with Gasteiger partial charge in [0.1, 0.15) is 11.6 Å². The molecule has 0 saturated carbocycles. The van der Waals surface area contributed by atoms with Crippen molar-refractivity contribution >= 4 is 11.8 Å². The molecule has 1 aromatic carbocycles. The van der Waals surface area contributed by atoms with Gasteiger partial charge in [-0.2, -0.15) is 0 Å². The average molecular weight is 420 g/mol. The van der Waals surface area contributed by atoms with E-state index in [1.807, 2.05) is 19.2 Å². The lowest BCUT2D eigenvalue weighted by Crippen LogP contribution is -2.39. The fourth-order valence-corrected chi connectivity index (χ4v) is 2.91. The minimum absolute atomic E-state index is 0.0768. The molecule has 8 N–H and O–H groups in total. The van der Waals surface area contributed by atoms with Crippen molar-refractivity contribution < 1.29 is 4.74 Å². The van der Waals surface area contributed by atoms with E-state index in [1.54, 1.807) is 12.1 Å². The van der Waals surface area contributed by atoms with Crippen LogP contribution in [0.5, 0.6) is 5.75 Å². The summed E-state index contributed by atoms with van der Waals surface area (Å²) in [6.45, 7) is 5.22. The van der Waals surface area contributed by atoms with Crippen LogP contribution in [0.15, 0.2) is 24.3 Å². The van der Waals surface area contributed by atoms with Gasteiger partial charge in [0.05, 0.1) is 6.61 Å². The maximum atomic E-state index is 7.71. The van der Waals surface area contributed by atoms with Crippen LogP contribution in [0, 0.1) is 10.8 Å². The molecular formula is C22H41N7O. The molecule has 0 atom stereocenters. The Morgan fingerprint density at radius 1 is 0.800 bits per heavy atom. The number of unbranched alkanes of at least 4 members (excludes halogenated alkanes) is 5. The third-order valence-electron chi connectivity index (χ3n) is 4.69. The summed E-state index contributed by atoms with van der Waals surface area (Å²) in [5.41, 5.74) is 6.15. The second kappa shape index (κ2) is 17.5. The minimum atomic E-state index is 0.0768. The van der Waals surface area contributed by atoms with E-state index in [9.17, 15) is 0 Å². The number of nitrogens with one attached hydrogen (secondary N) is 6. The van der Waals surface area contributed by atoms with Gasteiger partial charge in [-0.1, -0.05) is 25.7 Å². The molecule has 0 heterocycles. The van der Waals surface area contributed by atoms with E-state index >= 15 is 0 Å². The van der Waals surface area contributed by atoms with Gasteiger partial charge in [-0.25, -0.2) is 0 Å². The molecular weight excluding hydrogens is 378 g/mol. The number of nitrogens with two attached hydrogens (primary N) is 1. The largest absolute Gasteiger partial charge is 0.494 e. The highest BCUT2D eigenvalue weighted by Gasteiger charge is 1.98. The fourth-order valence-electron chi connectivity index (χ4n) is 2.91. The van der Waals surface area contributed by atoms with Crippen LogP contribution in [0.25, 0.3) is 0 Å². The second-order valence-electron chi connectivity index (χ2n) is 7.34. The number of ether oxygens (including phenoxy) is 1. The first-order chi connectivity index (χ1) is 14.6. The van der Waals surface area contributed by atoms with Crippen molar-refractivity contribution in [3.8, 4) is 5.75 Å². The maximum absolute atomic E-state index is 7.71. The molecule has 0 aliphatic carbocycles. The Morgan fingerprint density at radius 2 is 1.40 bits per heavy atom. The van der Waals surface area contributed by atoms with Crippen molar-refractivity contribution in [3.05, 3.63) is 29.8 Å². The van der Waals surface area contributed by atoms with E-state index < -0.39 is 0 Å². The third-order valence-corrected chi connectivity index (χ3v) is 4.69. The SMILES string of the molecule is CNCCNC(=N)NCCCCCCCCNCCCOc1ccc(C(=N)N)cc1. The van der Waals surface area contributed by atoms with E-state index in [1.165, 1.54) is 32.1 Å². The van der Waals surface area contributed by atoms with Crippen LogP contribution >= 0.6 is 0 Å². The highest BCUT2D eigenvalue weighted by Crippen LogP contribution is 2.11. The zero-order valence-corrected chi connectivity index (χ0v) is 18.5. The number of guanidine groups is 1. The molecule has 8 nitrogen and oxygen atoms in total. The monoisotopic (exact) mass is 419 g/mol. The van der Waals surface area contributed by atoms with E-state index in [2.05, 4.69) is 21.3 Å². The first-order valence-corrected chi connectivity index (χ1v) is 11.1. The van der Waals surface area contributed by atoms with Crippen molar-refractivity contribution in [1.82, 2.24) is 21.3 Å². The summed E-state index contributed by atoms with van der Waals surface area (Å²) in [6, 6.07) is 7.32. The standard InChI is InChI=1S/C22H41N7O/c1-26-16-17-29-22(25)28-15-7-5-3-2-4-6-13-27-14-8-18-30-20-11-9-19(10-12-20)21(23)24/h9-12,26-27H,2-8,13-18H2,1H3,(H3,23,24)(H3,25,28,29). The smallest absolute Gasteiger partial charge is 0.188 e. The predicted molar refractivity (Wildman–Crippen MR) is 126 cm³/mol. The van der Waals surface area contributed by atoms with Crippen LogP contribution in [-0.2, 0) is 0 Å². The van der Waals surface area contributed by atoms with Crippen LogP contribution in [0.4, 0.5) is 0 Å². The molecule has 0 aliphatic rings. The lowest BCUT2D eigenvalue weighted by atomic mass is 10.1. The predicted octanol–water partition coefficient (Wildman–Crippen LogP) is 2.00. The number of hydrogen-bond acceptors (Lipinski definition) is 5. The van der Waals surface area contributed by atoms with Gasteiger partial charge in [-0.15, -0.1) is 0 Å². The molecule has 8 heteroatoms. The summed E-state index contributed by atoms with van der Waals surface area (Å²) < 4.78 is 5.70. The molecule has 0 unspecified atom stereocenters. The molecule has 1 rings (SSSR count).